The molecule has 0 unspecified atom stereocenters. The predicted octanol–water partition coefficient (Wildman–Crippen LogP) is 3.00. The molecule has 94 valence electrons. The largest absolute Gasteiger partial charge is 0.471 e. The average molecular weight is 270 g/mol. The Morgan fingerprint density at radius 1 is 1.41 bits per heavy atom. The molecule has 0 saturated heterocycles. The Hall–Kier alpha value is -1.30. The summed E-state index contributed by atoms with van der Waals surface area (Å²) in [6.45, 7) is -0.538. The van der Waals surface area contributed by atoms with Crippen molar-refractivity contribution >= 4 is 17.5 Å². The van der Waals surface area contributed by atoms with Crippen LogP contribution < -0.4 is 0 Å². The fourth-order valence-corrected chi connectivity index (χ4v) is 1.43. The quantitative estimate of drug-likeness (QED) is 0.756. The van der Waals surface area contributed by atoms with E-state index in [0.29, 0.717) is 4.90 Å². The zero-order valence-electron chi connectivity index (χ0n) is 8.68. The fourth-order valence-electron chi connectivity index (χ4n) is 1.21. The van der Waals surface area contributed by atoms with Crippen molar-refractivity contribution in [1.29, 1.82) is 0 Å². The van der Waals surface area contributed by atoms with E-state index in [0.717, 1.165) is 13.1 Å². The number of nitrogens with zero attached hydrogens (tertiary/aromatic N) is 1. The van der Waals surface area contributed by atoms with Crippen LogP contribution in [0, 0.1) is 5.82 Å². The molecular formula is C10H8ClF4NO. The van der Waals surface area contributed by atoms with Gasteiger partial charge in [-0.2, -0.15) is 13.2 Å². The molecule has 0 aliphatic rings. The van der Waals surface area contributed by atoms with Gasteiger partial charge in [0.15, 0.2) is 0 Å². The Kier molecular flexibility index (Phi) is 3.98. The average Bonchev–Trinajstić information content (AvgIpc) is 2.21. The van der Waals surface area contributed by atoms with Crippen molar-refractivity contribution in [2.75, 3.05) is 7.05 Å². The molecule has 1 aromatic carbocycles. The maximum absolute atomic E-state index is 13.3. The first kappa shape index (κ1) is 13.8. The summed E-state index contributed by atoms with van der Waals surface area (Å²) in [5.41, 5.74) is -0.144. The molecule has 0 radical (unpaired) electrons. The van der Waals surface area contributed by atoms with Crippen LogP contribution in [0.25, 0.3) is 0 Å². The van der Waals surface area contributed by atoms with Crippen LogP contribution in [0.4, 0.5) is 17.6 Å². The summed E-state index contributed by atoms with van der Waals surface area (Å²) in [7, 11) is 0.929. The minimum Gasteiger partial charge on any atom is -0.333 e. The molecule has 0 N–H and O–H groups in total. The van der Waals surface area contributed by atoms with E-state index in [-0.39, 0.29) is 10.6 Å². The lowest BCUT2D eigenvalue weighted by Crippen LogP contribution is -2.38. The molecule has 0 atom stereocenters. The van der Waals surface area contributed by atoms with Gasteiger partial charge in [0, 0.05) is 24.2 Å². The summed E-state index contributed by atoms with van der Waals surface area (Å²) >= 11 is 5.63. The first-order valence-corrected chi connectivity index (χ1v) is 4.86. The first-order valence-electron chi connectivity index (χ1n) is 4.48. The van der Waals surface area contributed by atoms with Crippen molar-refractivity contribution < 1.29 is 22.4 Å². The third kappa shape index (κ3) is 3.33. The lowest BCUT2D eigenvalue weighted by molar-refractivity contribution is -0.184. The van der Waals surface area contributed by atoms with Gasteiger partial charge in [0.1, 0.15) is 5.82 Å². The summed E-state index contributed by atoms with van der Waals surface area (Å²) in [6, 6.07) is 3.73. The lowest BCUT2D eigenvalue weighted by atomic mass is 10.2. The van der Waals surface area contributed by atoms with Crippen LogP contribution in [0.2, 0.25) is 5.02 Å². The van der Waals surface area contributed by atoms with Crippen LogP contribution in [0.1, 0.15) is 5.56 Å². The number of hydrogen-bond donors (Lipinski definition) is 0. The smallest absolute Gasteiger partial charge is 0.333 e. The molecule has 2 nitrogen and oxygen atoms in total. The van der Waals surface area contributed by atoms with Crippen molar-refractivity contribution in [3.05, 3.63) is 34.6 Å². The molecule has 0 saturated carbocycles. The van der Waals surface area contributed by atoms with Gasteiger partial charge in [-0.3, -0.25) is 4.79 Å². The Morgan fingerprint density at radius 2 is 2.00 bits per heavy atom. The van der Waals surface area contributed by atoms with Crippen LogP contribution in [-0.4, -0.2) is 24.0 Å². The molecule has 17 heavy (non-hydrogen) atoms. The molecule has 1 aromatic rings. The molecule has 1 amide bonds. The summed E-state index contributed by atoms with van der Waals surface area (Å²) in [6.07, 6.45) is -4.98. The highest BCUT2D eigenvalue weighted by Gasteiger charge is 2.41. The van der Waals surface area contributed by atoms with Crippen LogP contribution >= 0.6 is 11.6 Å². The number of alkyl halides is 3. The maximum atomic E-state index is 13.3. The van der Waals surface area contributed by atoms with Gasteiger partial charge >= 0.3 is 12.1 Å². The third-order valence-electron chi connectivity index (χ3n) is 2.05. The van der Waals surface area contributed by atoms with E-state index in [2.05, 4.69) is 0 Å². The van der Waals surface area contributed by atoms with Crippen LogP contribution in [0.3, 0.4) is 0 Å². The molecule has 1 rings (SSSR count). The monoisotopic (exact) mass is 269 g/mol. The number of carbonyl (C=O) groups is 1. The molecule has 7 heteroatoms. The molecule has 0 bridgehead atoms. The van der Waals surface area contributed by atoms with Gasteiger partial charge in [0.25, 0.3) is 0 Å². The van der Waals surface area contributed by atoms with Gasteiger partial charge in [-0.05, 0) is 12.1 Å². The van der Waals surface area contributed by atoms with Gasteiger partial charge < -0.3 is 4.90 Å². The number of rotatable bonds is 2. The highest BCUT2D eigenvalue weighted by atomic mass is 35.5. The van der Waals surface area contributed by atoms with Gasteiger partial charge in [-0.25, -0.2) is 4.39 Å². The molecule has 0 aliphatic carbocycles. The Bertz CT molecular complexity index is 413. The van der Waals surface area contributed by atoms with Gasteiger partial charge in [0.05, 0.1) is 0 Å². The Balaban J connectivity index is 2.89. The van der Waals surface area contributed by atoms with Crippen molar-refractivity contribution in [3.8, 4) is 0 Å². The minimum absolute atomic E-state index is 0.0215. The second-order valence-electron chi connectivity index (χ2n) is 3.36. The van der Waals surface area contributed by atoms with E-state index in [9.17, 15) is 22.4 Å². The highest BCUT2D eigenvalue weighted by molar-refractivity contribution is 6.31. The van der Waals surface area contributed by atoms with E-state index >= 15 is 0 Å². The molecule has 0 heterocycles. The van der Waals surface area contributed by atoms with Crippen molar-refractivity contribution in [3.63, 3.8) is 0 Å². The summed E-state index contributed by atoms with van der Waals surface area (Å²) in [4.78, 5) is 11.2. The SMILES string of the molecule is CN(Cc1c(F)cccc1Cl)C(=O)C(F)(F)F. The lowest BCUT2D eigenvalue weighted by Gasteiger charge is -2.19. The van der Waals surface area contributed by atoms with Crippen molar-refractivity contribution in [2.24, 2.45) is 0 Å². The standard InChI is InChI=1S/C10H8ClF4NO/c1-16(9(17)10(13,14)15)5-6-7(11)3-2-4-8(6)12/h2-4H,5H2,1H3. The zero-order chi connectivity index (χ0) is 13.2. The number of amides is 1. The topological polar surface area (TPSA) is 20.3 Å². The summed E-state index contributed by atoms with van der Waals surface area (Å²) < 4.78 is 49.5. The number of carbonyl (C=O) groups excluding carboxylic acids is 1. The number of benzene rings is 1. The minimum atomic E-state index is -4.98. The van der Waals surface area contributed by atoms with Crippen LogP contribution in [0.15, 0.2) is 18.2 Å². The molecule has 0 aromatic heterocycles. The first-order chi connectivity index (χ1) is 7.73. The summed E-state index contributed by atoms with van der Waals surface area (Å²) in [5, 5.41) is -0.0215. The highest BCUT2D eigenvalue weighted by Crippen LogP contribution is 2.23. The van der Waals surface area contributed by atoms with E-state index in [1.165, 1.54) is 12.1 Å². The maximum Gasteiger partial charge on any atom is 0.471 e. The summed E-state index contributed by atoms with van der Waals surface area (Å²) in [5.74, 6) is -2.80. The second kappa shape index (κ2) is 4.91. The van der Waals surface area contributed by atoms with Crippen LogP contribution in [-0.2, 0) is 11.3 Å². The molecule has 0 spiro atoms. The van der Waals surface area contributed by atoms with Crippen molar-refractivity contribution in [1.82, 2.24) is 4.90 Å². The van der Waals surface area contributed by atoms with Crippen molar-refractivity contribution in [2.45, 2.75) is 12.7 Å². The van der Waals surface area contributed by atoms with E-state index in [1.807, 2.05) is 0 Å². The molecule has 0 fully saturated rings. The normalized spacial score (nSPS) is 11.4. The number of hydrogen-bond acceptors (Lipinski definition) is 1. The zero-order valence-corrected chi connectivity index (χ0v) is 9.44. The van der Waals surface area contributed by atoms with E-state index in [1.54, 1.807) is 0 Å². The fraction of sp³-hybridized carbons (Fsp3) is 0.300. The second-order valence-corrected chi connectivity index (χ2v) is 3.77. The van der Waals surface area contributed by atoms with E-state index in [4.69, 9.17) is 11.6 Å². The Morgan fingerprint density at radius 3 is 2.47 bits per heavy atom. The van der Waals surface area contributed by atoms with Gasteiger partial charge in [-0.15, -0.1) is 0 Å². The molecule has 0 aliphatic heterocycles. The van der Waals surface area contributed by atoms with Gasteiger partial charge in [-0.1, -0.05) is 17.7 Å². The third-order valence-corrected chi connectivity index (χ3v) is 2.40. The van der Waals surface area contributed by atoms with E-state index < -0.39 is 24.4 Å². The number of halogens is 5. The van der Waals surface area contributed by atoms with Gasteiger partial charge in [0.2, 0.25) is 0 Å². The Labute approximate surface area is 99.8 Å². The molecular weight excluding hydrogens is 262 g/mol. The predicted molar refractivity (Wildman–Crippen MR) is 53.9 cm³/mol. The van der Waals surface area contributed by atoms with Crippen LogP contribution in [0.5, 0.6) is 0 Å².